The molecule has 1 aliphatic rings. The van der Waals surface area contributed by atoms with Gasteiger partial charge in [0.1, 0.15) is 17.2 Å². The molecule has 22 heavy (non-hydrogen) atoms. The van der Waals surface area contributed by atoms with Gasteiger partial charge in [-0.1, -0.05) is 12.1 Å². The van der Waals surface area contributed by atoms with E-state index in [1.165, 1.54) is 19.2 Å². The topological polar surface area (TPSA) is 44.8 Å². The van der Waals surface area contributed by atoms with Crippen LogP contribution in [0.1, 0.15) is 42.0 Å². The Bertz CT molecular complexity index is 887. The highest BCUT2D eigenvalue weighted by Gasteiger charge is 2.34. The molecule has 0 spiro atoms. The van der Waals surface area contributed by atoms with Crippen LogP contribution in [0.3, 0.4) is 0 Å². The molecule has 114 valence electrons. The zero-order valence-corrected chi connectivity index (χ0v) is 11.9. The third-order valence-corrected chi connectivity index (χ3v) is 3.90. The standard InChI is InChI=1S/C18H18O4/c1-20-12-6-4-11(5-7-12)14-10-16(19)15-8-13(21-2)9-17(22-3)18(14)15/h4-9,14H,10H2,1-3H3/t14-/m1/s1/i2D3,3D3. The van der Waals surface area contributed by atoms with Crippen LogP contribution >= 0.6 is 0 Å². The third-order valence-electron chi connectivity index (χ3n) is 3.90. The van der Waals surface area contributed by atoms with Crippen molar-refractivity contribution in [1.82, 2.24) is 0 Å². The number of methoxy groups -OCH3 is 3. The number of carbonyl (C=O) groups is 1. The van der Waals surface area contributed by atoms with E-state index in [1.54, 1.807) is 24.3 Å². The number of rotatable bonds is 4. The van der Waals surface area contributed by atoms with Crippen molar-refractivity contribution in [2.75, 3.05) is 21.2 Å². The van der Waals surface area contributed by atoms with E-state index >= 15 is 0 Å². The van der Waals surface area contributed by atoms with Crippen LogP contribution in [0.2, 0.25) is 0 Å². The molecule has 1 atom stereocenters. The molecule has 0 unspecified atom stereocenters. The minimum Gasteiger partial charge on any atom is -0.497 e. The maximum absolute atomic E-state index is 12.6. The Morgan fingerprint density at radius 2 is 1.82 bits per heavy atom. The molecular formula is C18H18O4. The van der Waals surface area contributed by atoms with E-state index in [4.69, 9.17) is 22.4 Å². The predicted octanol–water partition coefficient (Wildman–Crippen LogP) is 3.43. The highest BCUT2D eigenvalue weighted by atomic mass is 16.5. The molecular weight excluding hydrogens is 280 g/mol. The van der Waals surface area contributed by atoms with E-state index in [1.807, 2.05) is 0 Å². The summed E-state index contributed by atoms with van der Waals surface area (Å²) in [5.41, 5.74) is 1.39. The van der Waals surface area contributed by atoms with Crippen LogP contribution in [-0.2, 0) is 0 Å². The van der Waals surface area contributed by atoms with Crippen molar-refractivity contribution in [3.63, 3.8) is 0 Å². The molecule has 0 fully saturated rings. The van der Waals surface area contributed by atoms with Crippen LogP contribution in [0.15, 0.2) is 36.4 Å². The van der Waals surface area contributed by atoms with Crippen LogP contribution in [0, 0.1) is 0 Å². The molecule has 0 saturated heterocycles. The number of carbonyl (C=O) groups excluding carboxylic acids is 1. The first-order valence-corrected chi connectivity index (χ1v) is 6.70. The van der Waals surface area contributed by atoms with Gasteiger partial charge in [-0.2, -0.15) is 0 Å². The van der Waals surface area contributed by atoms with Crippen molar-refractivity contribution in [2.24, 2.45) is 0 Å². The first-order valence-electron chi connectivity index (χ1n) is 9.70. The van der Waals surface area contributed by atoms with Crippen molar-refractivity contribution in [2.45, 2.75) is 12.3 Å². The van der Waals surface area contributed by atoms with E-state index in [0.717, 1.165) is 5.56 Å². The quantitative estimate of drug-likeness (QED) is 0.868. The molecule has 4 nitrogen and oxygen atoms in total. The maximum atomic E-state index is 12.6. The smallest absolute Gasteiger partial charge is 0.164 e. The van der Waals surface area contributed by atoms with E-state index in [-0.39, 0.29) is 29.3 Å². The first kappa shape index (κ1) is 8.83. The SMILES string of the molecule is [2H]C([2H])([2H])Oc1cc(OC([2H])([2H])[2H])c2c(c1)C(=O)C[C@@H]2c1ccc(OC)cc1. The number of hydrogen-bond acceptors (Lipinski definition) is 4. The fourth-order valence-corrected chi connectivity index (χ4v) is 2.85. The second-order valence-electron chi connectivity index (χ2n) is 5.04. The Morgan fingerprint density at radius 1 is 1.05 bits per heavy atom. The summed E-state index contributed by atoms with van der Waals surface area (Å²) in [4.78, 5) is 12.6. The number of Topliss-reactive ketones (excluding diaryl/α,β-unsaturated/α-hetero) is 1. The second-order valence-corrected chi connectivity index (χ2v) is 5.04. The number of fused-ring (bicyclic) bond motifs is 1. The normalized spacial score (nSPS) is 21.5. The first-order chi connectivity index (χ1) is 13.0. The van der Waals surface area contributed by atoms with Gasteiger partial charge in [0.15, 0.2) is 5.78 Å². The summed E-state index contributed by atoms with van der Waals surface area (Å²) in [6.45, 7) is 0. The summed E-state index contributed by atoms with van der Waals surface area (Å²) in [6.07, 6.45) is 0.107. The van der Waals surface area contributed by atoms with E-state index in [9.17, 15) is 4.79 Å². The highest BCUT2D eigenvalue weighted by molar-refractivity contribution is 6.03. The average molecular weight is 304 g/mol. The zero-order chi connectivity index (χ0) is 20.7. The van der Waals surface area contributed by atoms with Crippen molar-refractivity contribution < 1.29 is 27.2 Å². The monoisotopic (exact) mass is 304 g/mol. The molecule has 4 heteroatoms. The van der Waals surface area contributed by atoms with E-state index < -0.39 is 20.0 Å². The highest BCUT2D eigenvalue weighted by Crippen LogP contribution is 2.45. The molecule has 0 heterocycles. The molecule has 3 rings (SSSR count). The van der Waals surface area contributed by atoms with Crippen molar-refractivity contribution in [3.8, 4) is 17.2 Å². The Kier molecular flexibility index (Phi) is 2.29. The summed E-state index contributed by atoms with van der Waals surface area (Å²) in [5, 5.41) is 0. The lowest BCUT2D eigenvalue weighted by molar-refractivity contribution is 0.0991. The van der Waals surface area contributed by atoms with Gasteiger partial charge in [-0.3, -0.25) is 4.79 Å². The van der Waals surface area contributed by atoms with Gasteiger partial charge in [-0.25, -0.2) is 0 Å². The number of ketones is 1. The van der Waals surface area contributed by atoms with Crippen molar-refractivity contribution in [3.05, 3.63) is 53.1 Å². The average Bonchev–Trinajstić information content (AvgIpc) is 2.89. The minimum absolute atomic E-state index is 0.0941. The fraction of sp³-hybridized carbons (Fsp3) is 0.278. The fourth-order valence-electron chi connectivity index (χ4n) is 2.85. The number of benzene rings is 2. The summed E-state index contributed by atoms with van der Waals surface area (Å²) in [7, 11) is -3.98. The van der Waals surface area contributed by atoms with E-state index in [0.29, 0.717) is 11.3 Å². The molecule has 0 saturated carbocycles. The van der Waals surface area contributed by atoms with Crippen molar-refractivity contribution >= 4 is 5.78 Å². The summed E-state index contributed by atoms with van der Waals surface area (Å²) < 4.78 is 59.1. The Morgan fingerprint density at radius 3 is 2.50 bits per heavy atom. The largest absolute Gasteiger partial charge is 0.497 e. The molecule has 0 amide bonds. The lowest BCUT2D eigenvalue weighted by Gasteiger charge is -2.16. The molecule has 0 radical (unpaired) electrons. The molecule has 0 aromatic heterocycles. The molecule has 0 N–H and O–H groups in total. The summed E-state index contributed by atoms with van der Waals surface area (Å²) >= 11 is 0. The van der Waals surface area contributed by atoms with Crippen LogP contribution in [0.25, 0.3) is 0 Å². The molecule has 0 bridgehead atoms. The van der Waals surface area contributed by atoms with Gasteiger partial charge >= 0.3 is 0 Å². The second kappa shape index (κ2) is 5.72. The van der Waals surface area contributed by atoms with Gasteiger partial charge in [0.25, 0.3) is 0 Å². The van der Waals surface area contributed by atoms with Gasteiger partial charge in [-0.05, 0) is 23.8 Å². The van der Waals surface area contributed by atoms with Gasteiger partial charge in [0.2, 0.25) is 0 Å². The molecule has 0 aliphatic heterocycles. The van der Waals surface area contributed by atoms with Crippen LogP contribution in [0.4, 0.5) is 0 Å². The lowest BCUT2D eigenvalue weighted by Crippen LogP contribution is -2.00. The lowest BCUT2D eigenvalue weighted by atomic mass is 9.92. The predicted molar refractivity (Wildman–Crippen MR) is 83.3 cm³/mol. The number of ether oxygens (including phenoxy) is 3. The number of hydrogen-bond donors (Lipinski definition) is 0. The molecule has 2 aromatic carbocycles. The van der Waals surface area contributed by atoms with Crippen LogP contribution in [-0.4, -0.2) is 27.0 Å². The van der Waals surface area contributed by atoms with Crippen LogP contribution in [0.5, 0.6) is 17.2 Å². The maximum Gasteiger partial charge on any atom is 0.164 e. The van der Waals surface area contributed by atoms with E-state index in [2.05, 4.69) is 0 Å². The Labute approximate surface area is 138 Å². The summed E-state index contributed by atoms with van der Waals surface area (Å²) in [6, 6.07) is 9.59. The Balaban J connectivity index is 2.11. The minimum atomic E-state index is -2.78. The summed E-state index contributed by atoms with van der Waals surface area (Å²) in [5.74, 6) is -0.270. The third kappa shape index (κ3) is 2.30. The van der Waals surface area contributed by atoms with Crippen molar-refractivity contribution in [1.29, 1.82) is 0 Å². The molecule has 1 aliphatic carbocycles. The molecule has 2 aromatic rings. The zero-order valence-electron chi connectivity index (χ0n) is 17.9. The van der Waals surface area contributed by atoms with Crippen LogP contribution < -0.4 is 14.2 Å². The van der Waals surface area contributed by atoms with Gasteiger partial charge in [-0.15, -0.1) is 0 Å². The van der Waals surface area contributed by atoms with Gasteiger partial charge in [0, 0.05) is 29.5 Å². The van der Waals surface area contributed by atoms with Gasteiger partial charge < -0.3 is 14.2 Å². The van der Waals surface area contributed by atoms with Gasteiger partial charge in [0.05, 0.1) is 29.4 Å². The Hall–Kier alpha value is -2.49.